The topological polar surface area (TPSA) is 47.6 Å². The number of methoxy groups -OCH3 is 1. The average Bonchev–Trinajstić information content (AvgIpc) is 2.47. The van der Waals surface area contributed by atoms with Crippen molar-refractivity contribution in [3.8, 4) is 0 Å². The highest BCUT2D eigenvalue weighted by molar-refractivity contribution is 5.95. The number of nitrogens with one attached hydrogen (secondary N) is 1. The molecule has 2 atom stereocenters. The summed E-state index contributed by atoms with van der Waals surface area (Å²) in [5.74, 6) is -0.412. The van der Waals surface area contributed by atoms with E-state index in [1.54, 1.807) is 0 Å². The van der Waals surface area contributed by atoms with Crippen molar-refractivity contribution < 1.29 is 18.7 Å². The average molecular weight is 295 g/mol. The maximum Gasteiger partial charge on any atom is 0.339 e. The Hall–Kier alpha value is -1.62. The second-order valence-electron chi connectivity index (χ2n) is 5.70. The molecule has 2 unspecified atom stereocenters. The van der Waals surface area contributed by atoms with E-state index in [2.05, 4.69) is 19.2 Å². The van der Waals surface area contributed by atoms with Gasteiger partial charge in [0.2, 0.25) is 0 Å². The van der Waals surface area contributed by atoms with Crippen LogP contribution >= 0.6 is 0 Å². The molecule has 1 aliphatic heterocycles. The van der Waals surface area contributed by atoms with Crippen molar-refractivity contribution in [1.29, 1.82) is 0 Å². The molecule has 0 saturated carbocycles. The molecule has 0 aliphatic carbocycles. The molecular weight excluding hydrogens is 273 g/mol. The van der Waals surface area contributed by atoms with Gasteiger partial charge in [-0.2, -0.15) is 0 Å². The molecule has 1 fully saturated rings. The second kappa shape index (κ2) is 6.89. The van der Waals surface area contributed by atoms with Crippen molar-refractivity contribution in [3.63, 3.8) is 0 Å². The number of carbonyl (C=O) groups is 1. The Morgan fingerprint density at radius 3 is 2.90 bits per heavy atom. The van der Waals surface area contributed by atoms with Crippen molar-refractivity contribution in [2.24, 2.45) is 5.92 Å². The summed E-state index contributed by atoms with van der Waals surface area (Å²) < 4.78 is 23.9. The zero-order valence-electron chi connectivity index (χ0n) is 12.7. The summed E-state index contributed by atoms with van der Waals surface area (Å²) in [4.78, 5) is 11.8. The van der Waals surface area contributed by atoms with Crippen LogP contribution in [0.2, 0.25) is 0 Å². The van der Waals surface area contributed by atoms with E-state index in [1.807, 2.05) is 0 Å². The van der Waals surface area contributed by atoms with Crippen molar-refractivity contribution in [1.82, 2.24) is 0 Å². The standard InChI is InChI=1S/C16H22FNO3/c1-10(2)15-9-12(6-7-21-15)18-14-8-11(17)4-5-13(14)16(19)20-3/h4-5,8,10,12,15,18H,6-7,9H2,1-3H3. The molecule has 0 aromatic heterocycles. The molecule has 2 rings (SSSR count). The quantitative estimate of drug-likeness (QED) is 0.866. The third-order valence-corrected chi connectivity index (χ3v) is 3.81. The second-order valence-corrected chi connectivity index (χ2v) is 5.70. The molecule has 1 heterocycles. The number of esters is 1. The van der Waals surface area contributed by atoms with Crippen LogP contribution in [0.3, 0.4) is 0 Å². The molecular formula is C16H22FNO3. The van der Waals surface area contributed by atoms with Crippen LogP contribution in [0.1, 0.15) is 37.0 Å². The van der Waals surface area contributed by atoms with E-state index in [9.17, 15) is 9.18 Å². The highest BCUT2D eigenvalue weighted by atomic mass is 19.1. The molecule has 0 bridgehead atoms. The number of rotatable bonds is 4. The van der Waals surface area contributed by atoms with Crippen LogP contribution in [0.15, 0.2) is 18.2 Å². The van der Waals surface area contributed by atoms with Gasteiger partial charge in [0.05, 0.1) is 24.5 Å². The molecule has 0 amide bonds. The summed E-state index contributed by atoms with van der Waals surface area (Å²) in [6, 6.07) is 4.21. The normalized spacial score (nSPS) is 22.1. The molecule has 4 nitrogen and oxygen atoms in total. The van der Waals surface area contributed by atoms with Crippen LogP contribution in [-0.2, 0) is 9.47 Å². The third-order valence-electron chi connectivity index (χ3n) is 3.81. The maximum atomic E-state index is 13.5. The largest absolute Gasteiger partial charge is 0.465 e. The molecule has 1 N–H and O–H groups in total. The van der Waals surface area contributed by atoms with E-state index >= 15 is 0 Å². The molecule has 21 heavy (non-hydrogen) atoms. The Labute approximate surface area is 124 Å². The minimum absolute atomic E-state index is 0.163. The number of halogens is 1. The summed E-state index contributed by atoms with van der Waals surface area (Å²) in [6.45, 7) is 4.91. The summed E-state index contributed by atoms with van der Waals surface area (Å²) in [7, 11) is 1.32. The van der Waals surface area contributed by atoms with Crippen molar-refractivity contribution in [2.45, 2.75) is 38.8 Å². The molecule has 5 heteroatoms. The lowest BCUT2D eigenvalue weighted by atomic mass is 9.95. The predicted octanol–water partition coefficient (Wildman–Crippen LogP) is 3.23. The van der Waals surface area contributed by atoms with Gasteiger partial charge in [-0.1, -0.05) is 13.8 Å². The SMILES string of the molecule is COC(=O)c1ccc(F)cc1NC1CCOC(C(C)C)C1. The van der Waals surface area contributed by atoms with Gasteiger partial charge in [-0.3, -0.25) is 0 Å². The van der Waals surface area contributed by atoms with Crippen molar-refractivity contribution in [2.75, 3.05) is 19.0 Å². The lowest BCUT2D eigenvalue weighted by Crippen LogP contribution is -2.37. The minimum atomic E-state index is -0.468. The Balaban J connectivity index is 2.14. The summed E-state index contributed by atoms with van der Waals surface area (Å²) in [5.41, 5.74) is 0.836. The molecule has 116 valence electrons. The molecule has 0 spiro atoms. The van der Waals surface area contributed by atoms with Crippen LogP contribution < -0.4 is 5.32 Å². The van der Waals surface area contributed by atoms with E-state index < -0.39 is 5.97 Å². The van der Waals surface area contributed by atoms with Crippen LogP contribution in [0.4, 0.5) is 10.1 Å². The maximum absolute atomic E-state index is 13.5. The first-order valence-corrected chi connectivity index (χ1v) is 7.27. The zero-order chi connectivity index (χ0) is 15.4. The van der Waals surface area contributed by atoms with Gasteiger partial charge in [0, 0.05) is 12.6 Å². The fourth-order valence-electron chi connectivity index (χ4n) is 2.57. The Morgan fingerprint density at radius 2 is 2.24 bits per heavy atom. The number of anilines is 1. The van der Waals surface area contributed by atoms with Crippen LogP contribution in [0.5, 0.6) is 0 Å². The summed E-state index contributed by atoms with van der Waals surface area (Å²) >= 11 is 0. The highest BCUT2D eigenvalue weighted by Crippen LogP contribution is 2.25. The van der Waals surface area contributed by atoms with E-state index in [1.165, 1.54) is 25.3 Å². The molecule has 0 radical (unpaired) electrons. The predicted molar refractivity (Wildman–Crippen MR) is 79.0 cm³/mol. The fourth-order valence-corrected chi connectivity index (χ4v) is 2.57. The minimum Gasteiger partial charge on any atom is -0.465 e. The first-order valence-electron chi connectivity index (χ1n) is 7.27. The van der Waals surface area contributed by atoms with E-state index in [-0.39, 0.29) is 18.0 Å². The lowest BCUT2D eigenvalue weighted by molar-refractivity contribution is -0.0160. The van der Waals surface area contributed by atoms with E-state index in [4.69, 9.17) is 9.47 Å². The van der Waals surface area contributed by atoms with Gasteiger partial charge in [-0.05, 0) is 37.0 Å². The van der Waals surface area contributed by atoms with Crippen molar-refractivity contribution in [3.05, 3.63) is 29.6 Å². The first-order chi connectivity index (χ1) is 10.0. The third kappa shape index (κ3) is 3.94. The monoisotopic (exact) mass is 295 g/mol. The number of ether oxygens (including phenoxy) is 2. The fraction of sp³-hybridized carbons (Fsp3) is 0.562. The number of hydrogen-bond donors (Lipinski definition) is 1. The first kappa shape index (κ1) is 15.8. The lowest BCUT2D eigenvalue weighted by Gasteiger charge is -2.33. The van der Waals surface area contributed by atoms with Crippen molar-refractivity contribution >= 4 is 11.7 Å². The van der Waals surface area contributed by atoms with Gasteiger partial charge >= 0.3 is 5.97 Å². The Bertz CT molecular complexity index is 504. The van der Waals surface area contributed by atoms with Gasteiger partial charge in [-0.15, -0.1) is 0 Å². The molecule has 1 aromatic carbocycles. The van der Waals surface area contributed by atoms with Gasteiger partial charge in [0.25, 0.3) is 0 Å². The smallest absolute Gasteiger partial charge is 0.339 e. The van der Waals surface area contributed by atoms with Crippen LogP contribution in [-0.4, -0.2) is 31.8 Å². The van der Waals surface area contributed by atoms with Gasteiger partial charge in [0.15, 0.2) is 0 Å². The molecule has 1 saturated heterocycles. The van der Waals surface area contributed by atoms with Crippen LogP contribution in [0, 0.1) is 11.7 Å². The van der Waals surface area contributed by atoms with E-state index in [0.29, 0.717) is 23.8 Å². The number of benzene rings is 1. The Morgan fingerprint density at radius 1 is 1.48 bits per heavy atom. The number of carbonyl (C=O) groups excluding carboxylic acids is 1. The summed E-state index contributed by atoms with van der Waals surface area (Å²) in [6.07, 6.45) is 1.86. The van der Waals surface area contributed by atoms with Gasteiger partial charge in [-0.25, -0.2) is 9.18 Å². The Kier molecular flexibility index (Phi) is 5.17. The zero-order valence-corrected chi connectivity index (χ0v) is 12.7. The summed E-state index contributed by atoms with van der Waals surface area (Å²) in [5, 5.41) is 3.27. The highest BCUT2D eigenvalue weighted by Gasteiger charge is 2.26. The number of hydrogen-bond acceptors (Lipinski definition) is 4. The van der Waals surface area contributed by atoms with E-state index in [0.717, 1.165) is 12.8 Å². The molecule has 1 aromatic rings. The van der Waals surface area contributed by atoms with Gasteiger partial charge in [0.1, 0.15) is 5.82 Å². The van der Waals surface area contributed by atoms with Crippen LogP contribution in [0.25, 0.3) is 0 Å². The molecule has 1 aliphatic rings. The van der Waals surface area contributed by atoms with Gasteiger partial charge < -0.3 is 14.8 Å².